The van der Waals surface area contributed by atoms with Gasteiger partial charge in [0.2, 0.25) is 5.91 Å². The molecule has 110 valence electrons. The maximum Gasteiger partial charge on any atom is 0.224 e. The largest absolute Gasteiger partial charge is 0.354 e. The molecule has 0 aromatic heterocycles. The first kappa shape index (κ1) is 15.1. The van der Waals surface area contributed by atoms with Crippen LogP contribution in [-0.2, 0) is 11.2 Å². The van der Waals surface area contributed by atoms with Crippen molar-refractivity contribution in [2.24, 2.45) is 5.73 Å². The Morgan fingerprint density at radius 2 is 1.81 bits per heavy atom. The molecule has 1 atom stereocenters. The van der Waals surface area contributed by atoms with E-state index < -0.39 is 17.5 Å². The van der Waals surface area contributed by atoms with Gasteiger partial charge in [-0.2, -0.15) is 0 Å². The molecule has 0 fully saturated rings. The SMILES string of the molecule is NC(CNC(=O)Cc1cccc(F)c1F)c1ccccc1. The van der Waals surface area contributed by atoms with Crippen LogP contribution in [0.4, 0.5) is 8.78 Å². The number of nitrogens with two attached hydrogens (primary N) is 1. The van der Waals surface area contributed by atoms with Crippen LogP contribution in [0, 0.1) is 11.6 Å². The average molecular weight is 290 g/mol. The van der Waals surface area contributed by atoms with Gasteiger partial charge < -0.3 is 11.1 Å². The Bertz CT molecular complexity index is 617. The second-order valence-electron chi connectivity index (χ2n) is 4.71. The van der Waals surface area contributed by atoms with E-state index in [4.69, 9.17) is 5.73 Å². The average Bonchev–Trinajstić information content (AvgIpc) is 2.50. The molecule has 2 rings (SSSR count). The molecule has 21 heavy (non-hydrogen) atoms. The van der Waals surface area contributed by atoms with E-state index in [0.717, 1.165) is 11.6 Å². The van der Waals surface area contributed by atoms with Crippen molar-refractivity contribution in [1.82, 2.24) is 5.32 Å². The van der Waals surface area contributed by atoms with Crippen LogP contribution in [0.15, 0.2) is 48.5 Å². The minimum atomic E-state index is -0.986. The lowest BCUT2D eigenvalue weighted by Crippen LogP contribution is -2.33. The van der Waals surface area contributed by atoms with E-state index in [2.05, 4.69) is 5.32 Å². The Balaban J connectivity index is 1.89. The Labute approximate surface area is 121 Å². The third kappa shape index (κ3) is 4.10. The highest BCUT2D eigenvalue weighted by molar-refractivity contribution is 5.78. The molecule has 2 aromatic rings. The number of halogens is 2. The number of nitrogens with one attached hydrogen (secondary N) is 1. The van der Waals surface area contributed by atoms with Gasteiger partial charge in [-0.15, -0.1) is 0 Å². The molecule has 0 aliphatic carbocycles. The van der Waals surface area contributed by atoms with Crippen molar-refractivity contribution in [3.63, 3.8) is 0 Å². The van der Waals surface area contributed by atoms with Gasteiger partial charge in [0.15, 0.2) is 11.6 Å². The highest BCUT2D eigenvalue weighted by Gasteiger charge is 2.12. The number of amides is 1. The van der Waals surface area contributed by atoms with Gasteiger partial charge in [-0.05, 0) is 11.6 Å². The van der Waals surface area contributed by atoms with Crippen molar-refractivity contribution in [2.45, 2.75) is 12.5 Å². The minimum absolute atomic E-state index is 0.0285. The third-order valence-corrected chi connectivity index (χ3v) is 3.13. The lowest BCUT2D eigenvalue weighted by atomic mass is 10.1. The number of hydrogen-bond acceptors (Lipinski definition) is 2. The first-order valence-electron chi connectivity index (χ1n) is 6.58. The van der Waals surface area contributed by atoms with Gasteiger partial charge in [-0.3, -0.25) is 4.79 Å². The third-order valence-electron chi connectivity index (χ3n) is 3.13. The molecule has 0 aliphatic heterocycles. The predicted molar refractivity (Wildman–Crippen MR) is 76.4 cm³/mol. The van der Waals surface area contributed by atoms with Gasteiger partial charge in [0.05, 0.1) is 6.42 Å². The molecule has 2 aromatic carbocycles. The topological polar surface area (TPSA) is 55.1 Å². The lowest BCUT2D eigenvalue weighted by Gasteiger charge is -2.13. The summed E-state index contributed by atoms with van der Waals surface area (Å²) in [5.41, 5.74) is 6.87. The number of carbonyl (C=O) groups excluding carboxylic acids is 1. The van der Waals surface area contributed by atoms with Gasteiger partial charge in [0, 0.05) is 18.2 Å². The molecule has 0 heterocycles. The van der Waals surface area contributed by atoms with Crippen LogP contribution >= 0.6 is 0 Å². The van der Waals surface area contributed by atoms with E-state index in [0.29, 0.717) is 0 Å². The van der Waals surface area contributed by atoms with Crippen LogP contribution in [0.1, 0.15) is 17.2 Å². The first-order valence-corrected chi connectivity index (χ1v) is 6.58. The fraction of sp³-hybridized carbons (Fsp3) is 0.188. The van der Waals surface area contributed by atoms with Crippen LogP contribution in [-0.4, -0.2) is 12.5 Å². The summed E-state index contributed by atoms with van der Waals surface area (Å²) in [5, 5.41) is 2.62. The number of carbonyl (C=O) groups is 1. The molecule has 0 saturated heterocycles. The predicted octanol–water partition coefficient (Wildman–Crippen LogP) is 2.32. The molecule has 5 heteroatoms. The van der Waals surface area contributed by atoms with Gasteiger partial charge in [-0.1, -0.05) is 42.5 Å². The lowest BCUT2D eigenvalue weighted by molar-refractivity contribution is -0.120. The zero-order chi connectivity index (χ0) is 15.2. The van der Waals surface area contributed by atoms with Crippen LogP contribution in [0.3, 0.4) is 0 Å². The summed E-state index contributed by atoms with van der Waals surface area (Å²) >= 11 is 0. The molecule has 0 spiro atoms. The summed E-state index contributed by atoms with van der Waals surface area (Å²) in [7, 11) is 0. The summed E-state index contributed by atoms with van der Waals surface area (Å²) < 4.78 is 26.5. The summed E-state index contributed by atoms with van der Waals surface area (Å²) in [6, 6.07) is 12.8. The second-order valence-corrected chi connectivity index (χ2v) is 4.71. The quantitative estimate of drug-likeness (QED) is 0.888. The molecule has 1 amide bonds. The maximum absolute atomic E-state index is 13.4. The monoisotopic (exact) mass is 290 g/mol. The van der Waals surface area contributed by atoms with Crippen LogP contribution in [0.25, 0.3) is 0 Å². The van der Waals surface area contributed by atoms with Gasteiger partial charge in [0.1, 0.15) is 0 Å². The van der Waals surface area contributed by atoms with E-state index in [9.17, 15) is 13.6 Å². The molecular formula is C16H16F2N2O. The number of hydrogen-bond donors (Lipinski definition) is 2. The van der Waals surface area contributed by atoms with Crippen LogP contribution < -0.4 is 11.1 Å². The molecule has 1 unspecified atom stereocenters. The van der Waals surface area contributed by atoms with E-state index >= 15 is 0 Å². The summed E-state index contributed by atoms with van der Waals surface area (Å²) in [5.74, 6) is -2.34. The second kappa shape index (κ2) is 6.95. The van der Waals surface area contributed by atoms with E-state index in [-0.39, 0.29) is 24.6 Å². The number of benzene rings is 2. The molecule has 0 saturated carbocycles. The Kier molecular flexibility index (Phi) is 5.00. The van der Waals surface area contributed by atoms with E-state index in [1.807, 2.05) is 30.3 Å². The summed E-state index contributed by atoms with van der Waals surface area (Å²) in [4.78, 5) is 11.8. The maximum atomic E-state index is 13.4. The normalized spacial score (nSPS) is 12.0. The standard InChI is InChI=1S/C16H16F2N2O/c17-13-8-4-7-12(16(13)18)9-15(21)20-10-14(19)11-5-2-1-3-6-11/h1-8,14H,9-10,19H2,(H,20,21). The number of rotatable bonds is 5. The van der Waals surface area contributed by atoms with Gasteiger partial charge in [0.25, 0.3) is 0 Å². The molecule has 3 N–H and O–H groups in total. The Morgan fingerprint density at radius 3 is 2.52 bits per heavy atom. The molecule has 0 aliphatic rings. The minimum Gasteiger partial charge on any atom is -0.354 e. The van der Waals surface area contributed by atoms with Crippen LogP contribution in [0.2, 0.25) is 0 Å². The van der Waals surface area contributed by atoms with Crippen LogP contribution in [0.5, 0.6) is 0 Å². The van der Waals surface area contributed by atoms with Crippen molar-refractivity contribution in [3.8, 4) is 0 Å². The highest BCUT2D eigenvalue weighted by Crippen LogP contribution is 2.12. The van der Waals surface area contributed by atoms with Gasteiger partial charge in [-0.25, -0.2) is 8.78 Å². The van der Waals surface area contributed by atoms with Gasteiger partial charge >= 0.3 is 0 Å². The Hall–Kier alpha value is -2.27. The first-order chi connectivity index (χ1) is 10.1. The van der Waals surface area contributed by atoms with Crippen molar-refractivity contribution in [2.75, 3.05) is 6.54 Å². The Morgan fingerprint density at radius 1 is 1.10 bits per heavy atom. The van der Waals surface area contributed by atoms with Crippen molar-refractivity contribution < 1.29 is 13.6 Å². The van der Waals surface area contributed by atoms with E-state index in [1.165, 1.54) is 12.1 Å². The molecule has 0 bridgehead atoms. The smallest absolute Gasteiger partial charge is 0.224 e. The van der Waals surface area contributed by atoms with Crippen molar-refractivity contribution >= 4 is 5.91 Å². The fourth-order valence-corrected chi connectivity index (χ4v) is 1.96. The van der Waals surface area contributed by atoms with E-state index in [1.54, 1.807) is 0 Å². The zero-order valence-corrected chi connectivity index (χ0v) is 11.4. The summed E-state index contributed by atoms with van der Waals surface area (Å²) in [6.07, 6.45) is -0.217. The molecule has 0 radical (unpaired) electrons. The summed E-state index contributed by atoms with van der Waals surface area (Å²) in [6.45, 7) is 0.236. The van der Waals surface area contributed by atoms with Crippen molar-refractivity contribution in [1.29, 1.82) is 0 Å². The molecular weight excluding hydrogens is 274 g/mol. The fourth-order valence-electron chi connectivity index (χ4n) is 1.96. The molecule has 3 nitrogen and oxygen atoms in total. The van der Waals surface area contributed by atoms with Crippen molar-refractivity contribution in [3.05, 3.63) is 71.3 Å². The zero-order valence-electron chi connectivity index (χ0n) is 11.4. The highest BCUT2D eigenvalue weighted by atomic mass is 19.2.